The number of piperidine rings is 1. The molecule has 1 aromatic rings. The number of aryl methyl sites for hydroxylation is 1. The van der Waals surface area contributed by atoms with Crippen molar-refractivity contribution in [1.82, 2.24) is 9.21 Å². The number of benzene rings is 1. The van der Waals surface area contributed by atoms with Crippen molar-refractivity contribution < 1.29 is 13.2 Å². The van der Waals surface area contributed by atoms with Gasteiger partial charge in [0.25, 0.3) is 5.91 Å². The van der Waals surface area contributed by atoms with Crippen molar-refractivity contribution >= 4 is 15.9 Å². The van der Waals surface area contributed by atoms with Crippen molar-refractivity contribution in [3.05, 3.63) is 29.3 Å². The van der Waals surface area contributed by atoms with Crippen LogP contribution in [0.15, 0.2) is 23.1 Å². The molecule has 0 aromatic heterocycles. The van der Waals surface area contributed by atoms with Crippen LogP contribution in [0.4, 0.5) is 0 Å². The molecule has 5 nitrogen and oxygen atoms in total. The monoisotopic (exact) mass is 366 g/mol. The average molecular weight is 367 g/mol. The van der Waals surface area contributed by atoms with Crippen molar-refractivity contribution in [3.63, 3.8) is 0 Å². The van der Waals surface area contributed by atoms with E-state index >= 15 is 0 Å². The van der Waals surface area contributed by atoms with Gasteiger partial charge in [0.05, 0.1) is 4.90 Å². The van der Waals surface area contributed by atoms with Gasteiger partial charge in [-0.25, -0.2) is 8.42 Å². The average Bonchev–Trinajstić information content (AvgIpc) is 2.62. The Hall–Kier alpha value is -1.40. The summed E-state index contributed by atoms with van der Waals surface area (Å²) in [6.07, 6.45) is 4.65. The van der Waals surface area contributed by atoms with Crippen molar-refractivity contribution in [2.75, 3.05) is 26.2 Å². The van der Waals surface area contributed by atoms with Crippen molar-refractivity contribution in [3.8, 4) is 0 Å². The van der Waals surface area contributed by atoms with E-state index in [9.17, 15) is 13.2 Å². The summed E-state index contributed by atoms with van der Waals surface area (Å²) >= 11 is 0. The smallest absolute Gasteiger partial charge is 0.253 e. The van der Waals surface area contributed by atoms with Gasteiger partial charge in [0, 0.05) is 31.7 Å². The Labute approximate surface area is 152 Å². The maximum absolute atomic E-state index is 13.0. The first kappa shape index (κ1) is 19.9. The normalized spacial score (nSPS) is 16.0. The third kappa shape index (κ3) is 4.61. The molecular formula is C19H30N2O3S. The lowest BCUT2D eigenvalue weighted by Gasteiger charge is -2.27. The number of rotatable bonds is 7. The third-order valence-electron chi connectivity index (χ3n) is 4.64. The van der Waals surface area contributed by atoms with E-state index in [-0.39, 0.29) is 10.8 Å². The van der Waals surface area contributed by atoms with Gasteiger partial charge in [0.15, 0.2) is 0 Å². The van der Waals surface area contributed by atoms with E-state index in [0.29, 0.717) is 37.3 Å². The van der Waals surface area contributed by atoms with Gasteiger partial charge in [0.2, 0.25) is 10.0 Å². The molecule has 25 heavy (non-hydrogen) atoms. The summed E-state index contributed by atoms with van der Waals surface area (Å²) in [7, 11) is -3.54. The maximum Gasteiger partial charge on any atom is 0.253 e. The fraction of sp³-hybridized carbons (Fsp3) is 0.632. The molecular weight excluding hydrogens is 336 g/mol. The van der Waals surface area contributed by atoms with Gasteiger partial charge in [-0.3, -0.25) is 4.79 Å². The topological polar surface area (TPSA) is 57.7 Å². The Morgan fingerprint density at radius 2 is 1.68 bits per heavy atom. The minimum Gasteiger partial charge on any atom is -0.339 e. The zero-order chi connectivity index (χ0) is 18.4. The summed E-state index contributed by atoms with van der Waals surface area (Å²) in [5.41, 5.74) is 1.16. The first-order valence-corrected chi connectivity index (χ1v) is 10.8. The second-order valence-corrected chi connectivity index (χ2v) is 8.64. The first-order chi connectivity index (χ1) is 11.9. The largest absolute Gasteiger partial charge is 0.339 e. The number of sulfonamides is 1. The predicted octanol–water partition coefficient (Wildman–Crippen LogP) is 3.43. The van der Waals surface area contributed by atoms with Gasteiger partial charge in [-0.15, -0.1) is 0 Å². The van der Waals surface area contributed by atoms with Gasteiger partial charge in [0.1, 0.15) is 0 Å². The highest BCUT2D eigenvalue weighted by molar-refractivity contribution is 7.89. The summed E-state index contributed by atoms with van der Waals surface area (Å²) in [5.74, 6) is -0.0844. The van der Waals surface area contributed by atoms with Gasteiger partial charge in [-0.2, -0.15) is 4.31 Å². The molecule has 0 saturated carbocycles. The predicted molar refractivity (Wildman–Crippen MR) is 100 cm³/mol. The summed E-state index contributed by atoms with van der Waals surface area (Å²) in [4.78, 5) is 14.9. The quantitative estimate of drug-likeness (QED) is 0.743. The Morgan fingerprint density at radius 1 is 1.08 bits per heavy atom. The summed E-state index contributed by atoms with van der Waals surface area (Å²) in [5, 5.41) is 0. The van der Waals surface area contributed by atoms with Crippen LogP contribution in [0.1, 0.15) is 61.9 Å². The maximum atomic E-state index is 13.0. The second-order valence-electron chi connectivity index (χ2n) is 6.74. The lowest BCUT2D eigenvalue weighted by atomic mass is 10.1. The molecule has 0 N–H and O–H groups in total. The minimum absolute atomic E-state index is 0.0844. The van der Waals surface area contributed by atoms with E-state index in [1.165, 1.54) is 0 Å². The minimum atomic E-state index is -3.54. The van der Waals surface area contributed by atoms with Gasteiger partial charge >= 0.3 is 0 Å². The zero-order valence-corrected chi connectivity index (χ0v) is 16.4. The van der Waals surface area contributed by atoms with E-state index < -0.39 is 10.0 Å². The van der Waals surface area contributed by atoms with E-state index in [1.54, 1.807) is 29.4 Å². The summed E-state index contributed by atoms with van der Waals surface area (Å²) in [6, 6.07) is 5.06. The molecule has 1 aliphatic rings. The summed E-state index contributed by atoms with van der Waals surface area (Å²) in [6.45, 7) is 8.38. The number of amides is 1. The fourth-order valence-corrected chi connectivity index (χ4v) is 5.06. The second kappa shape index (κ2) is 8.81. The van der Waals surface area contributed by atoms with Crippen molar-refractivity contribution in [2.24, 2.45) is 0 Å². The molecule has 0 bridgehead atoms. The number of hydrogen-bond donors (Lipinski definition) is 0. The SMILES string of the molecule is CCCN(CCC)C(=O)c1ccc(C)c(S(=O)(=O)N2CCCCC2)c1. The lowest BCUT2D eigenvalue weighted by Crippen LogP contribution is -2.36. The number of hydrogen-bond acceptors (Lipinski definition) is 3. The molecule has 140 valence electrons. The molecule has 0 spiro atoms. The highest BCUT2D eigenvalue weighted by Crippen LogP contribution is 2.25. The van der Waals surface area contributed by atoms with Crippen LogP contribution >= 0.6 is 0 Å². The van der Waals surface area contributed by atoms with Crippen LogP contribution in [0, 0.1) is 6.92 Å². The molecule has 0 unspecified atom stereocenters. The highest BCUT2D eigenvalue weighted by Gasteiger charge is 2.28. The van der Waals surface area contributed by atoms with Crippen LogP contribution in [0.2, 0.25) is 0 Å². The van der Waals surface area contributed by atoms with Crippen LogP contribution < -0.4 is 0 Å². The first-order valence-electron chi connectivity index (χ1n) is 9.31. The van der Waals surface area contributed by atoms with Gasteiger partial charge in [-0.05, 0) is 50.3 Å². The molecule has 0 radical (unpaired) electrons. The molecule has 0 aliphatic carbocycles. The number of carbonyl (C=O) groups is 1. The van der Waals surface area contributed by atoms with Crippen molar-refractivity contribution in [1.29, 1.82) is 0 Å². The number of nitrogens with zero attached hydrogens (tertiary/aromatic N) is 2. The third-order valence-corrected chi connectivity index (χ3v) is 6.68. The van der Waals surface area contributed by atoms with Crippen LogP contribution in [0.5, 0.6) is 0 Å². The van der Waals surface area contributed by atoms with E-state index in [1.807, 2.05) is 18.7 Å². The highest BCUT2D eigenvalue weighted by atomic mass is 32.2. The molecule has 2 rings (SSSR count). The van der Waals surface area contributed by atoms with Crippen LogP contribution in [0.3, 0.4) is 0 Å². The number of carbonyl (C=O) groups excluding carboxylic acids is 1. The molecule has 1 fully saturated rings. The van der Waals surface area contributed by atoms with Crippen LogP contribution in [-0.4, -0.2) is 49.7 Å². The molecule has 1 saturated heterocycles. The Morgan fingerprint density at radius 3 is 2.24 bits per heavy atom. The Balaban J connectivity index is 2.34. The van der Waals surface area contributed by atoms with E-state index in [4.69, 9.17) is 0 Å². The molecule has 1 aromatic carbocycles. The molecule has 1 heterocycles. The molecule has 1 amide bonds. The zero-order valence-electron chi connectivity index (χ0n) is 15.6. The molecule has 0 atom stereocenters. The van der Waals surface area contributed by atoms with Crippen LogP contribution in [-0.2, 0) is 10.0 Å². The van der Waals surface area contributed by atoms with Crippen LogP contribution in [0.25, 0.3) is 0 Å². The van der Waals surface area contributed by atoms with Gasteiger partial charge in [-0.1, -0.05) is 26.3 Å². The molecule has 6 heteroatoms. The van der Waals surface area contributed by atoms with Crippen molar-refractivity contribution in [2.45, 2.75) is 57.8 Å². The van der Waals surface area contributed by atoms with Gasteiger partial charge < -0.3 is 4.90 Å². The lowest BCUT2D eigenvalue weighted by molar-refractivity contribution is 0.0755. The molecule has 1 aliphatic heterocycles. The Kier molecular flexibility index (Phi) is 7.02. The fourth-order valence-electron chi connectivity index (χ4n) is 3.29. The Bertz CT molecular complexity index is 689. The standard InChI is InChI=1S/C19H30N2O3S/c1-4-11-20(12-5-2)19(22)17-10-9-16(3)18(15-17)25(23,24)21-13-7-6-8-14-21/h9-10,15H,4-8,11-14H2,1-3H3. The van der Waals surface area contributed by atoms with E-state index in [2.05, 4.69) is 0 Å². The summed E-state index contributed by atoms with van der Waals surface area (Å²) < 4.78 is 27.6. The van der Waals surface area contributed by atoms with E-state index in [0.717, 1.165) is 32.1 Å².